The third-order valence-electron chi connectivity index (χ3n) is 10.2. The van der Waals surface area contributed by atoms with Crippen LogP contribution in [0.25, 0.3) is 0 Å². The van der Waals surface area contributed by atoms with Crippen LogP contribution in [0.3, 0.4) is 0 Å². The molecule has 338 valence electrons. The first kappa shape index (κ1) is 55.9. The molecule has 1 atom stereocenters. The van der Waals surface area contributed by atoms with Crippen molar-refractivity contribution in [1.82, 2.24) is 0 Å². The van der Waals surface area contributed by atoms with Gasteiger partial charge in [0.15, 0.2) is 6.10 Å². The highest BCUT2D eigenvalue weighted by molar-refractivity contribution is 5.71. The molecule has 0 aliphatic carbocycles. The highest BCUT2D eigenvalue weighted by atomic mass is 16.6. The Morgan fingerprint density at radius 1 is 0.356 bits per heavy atom. The van der Waals surface area contributed by atoms with Crippen molar-refractivity contribution < 1.29 is 28.6 Å². The minimum atomic E-state index is -0.805. The first-order chi connectivity index (χ1) is 29.0. The summed E-state index contributed by atoms with van der Waals surface area (Å²) in [5.74, 6) is -0.985. The van der Waals surface area contributed by atoms with Crippen LogP contribution in [0.1, 0.15) is 226 Å². The van der Waals surface area contributed by atoms with Gasteiger partial charge in [-0.25, -0.2) is 0 Å². The van der Waals surface area contributed by atoms with E-state index in [4.69, 9.17) is 14.2 Å². The van der Waals surface area contributed by atoms with E-state index in [9.17, 15) is 14.4 Å². The lowest BCUT2D eigenvalue weighted by atomic mass is 10.1. The minimum absolute atomic E-state index is 0.102. The van der Waals surface area contributed by atoms with Gasteiger partial charge in [0, 0.05) is 19.3 Å². The van der Waals surface area contributed by atoms with E-state index in [0.717, 1.165) is 89.9 Å². The lowest BCUT2D eigenvalue weighted by Crippen LogP contribution is -2.30. The molecule has 59 heavy (non-hydrogen) atoms. The molecule has 1 unspecified atom stereocenters. The van der Waals surface area contributed by atoms with E-state index >= 15 is 0 Å². The first-order valence-corrected chi connectivity index (χ1v) is 24.4. The smallest absolute Gasteiger partial charge is 0.306 e. The third-order valence-corrected chi connectivity index (χ3v) is 10.2. The molecule has 0 N–H and O–H groups in total. The molecule has 6 nitrogen and oxygen atoms in total. The summed E-state index contributed by atoms with van der Waals surface area (Å²) in [5.41, 5.74) is 0. The number of allylic oxidation sites excluding steroid dienone is 12. The number of carbonyl (C=O) groups excluding carboxylic acids is 3. The number of hydrogen-bond acceptors (Lipinski definition) is 6. The average molecular weight is 823 g/mol. The number of unbranched alkanes of at least 4 members (excludes halogenated alkanes) is 20. The van der Waals surface area contributed by atoms with Gasteiger partial charge in [0.05, 0.1) is 0 Å². The van der Waals surface area contributed by atoms with Gasteiger partial charge in [-0.2, -0.15) is 0 Å². The van der Waals surface area contributed by atoms with Gasteiger partial charge in [0.25, 0.3) is 0 Å². The predicted octanol–water partition coefficient (Wildman–Crippen LogP) is 15.9. The van der Waals surface area contributed by atoms with Gasteiger partial charge in [-0.15, -0.1) is 0 Å². The predicted molar refractivity (Wildman–Crippen MR) is 251 cm³/mol. The summed E-state index contributed by atoms with van der Waals surface area (Å²) in [5, 5.41) is 0. The highest BCUT2D eigenvalue weighted by Gasteiger charge is 2.19. The van der Waals surface area contributed by atoms with Crippen molar-refractivity contribution >= 4 is 17.9 Å². The Hall–Kier alpha value is -3.15. The van der Waals surface area contributed by atoms with Gasteiger partial charge >= 0.3 is 17.9 Å². The standard InChI is InChI=1S/C53H90O6/c1-4-7-10-13-16-19-22-24-25-26-27-29-31-34-37-40-43-46-52(55)58-49-50(48-57-51(54)45-42-39-36-33-30-21-18-15-12-9-6-3)59-53(56)47-44-41-38-35-32-28-23-20-17-14-11-8-5-2/h9,12,16,18-19,21,24-25,28,32-33,36,50H,4-8,10-11,13-15,17,20,22-23,26-27,29-31,34-35,37-49H2,1-3H3/b12-9-,19-16-,21-18-,25-24-,32-28-,36-33-. The van der Waals surface area contributed by atoms with Crippen molar-refractivity contribution in [2.75, 3.05) is 13.2 Å². The SMILES string of the molecule is CC/C=C\C/C=C\C/C=C\CCCC(=O)OCC(COC(=O)CCCCCCCCC/C=C\C/C=C\CCCCC)OC(=O)CCCCC/C=C\CCCCCCCC. The van der Waals surface area contributed by atoms with E-state index in [-0.39, 0.29) is 37.5 Å². The van der Waals surface area contributed by atoms with Gasteiger partial charge < -0.3 is 14.2 Å². The van der Waals surface area contributed by atoms with Crippen LogP contribution in [0.5, 0.6) is 0 Å². The fraction of sp³-hybridized carbons (Fsp3) is 0.717. The molecule has 0 rings (SSSR count). The molecule has 0 radical (unpaired) electrons. The number of carbonyl (C=O) groups is 3. The molecule has 0 fully saturated rings. The van der Waals surface area contributed by atoms with Crippen LogP contribution in [0.4, 0.5) is 0 Å². The lowest BCUT2D eigenvalue weighted by molar-refractivity contribution is -0.167. The number of hydrogen-bond donors (Lipinski definition) is 0. The quantitative estimate of drug-likeness (QED) is 0.0264. The second-order valence-electron chi connectivity index (χ2n) is 16.0. The fourth-order valence-electron chi connectivity index (χ4n) is 6.49. The summed E-state index contributed by atoms with van der Waals surface area (Å²) >= 11 is 0. The Kier molecular flexibility index (Phi) is 45.0. The summed E-state index contributed by atoms with van der Waals surface area (Å²) in [4.78, 5) is 37.8. The minimum Gasteiger partial charge on any atom is -0.462 e. The number of ether oxygens (including phenoxy) is 3. The molecular weight excluding hydrogens is 733 g/mol. The normalized spacial score (nSPS) is 12.7. The maximum Gasteiger partial charge on any atom is 0.306 e. The van der Waals surface area contributed by atoms with E-state index in [1.165, 1.54) is 89.9 Å². The van der Waals surface area contributed by atoms with Crippen LogP contribution in [0, 0.1) is 0 Å². The fourth-order valence-corrected chi connectivity index (χ4v) is 6.49. The van der Waals surface area contributed by atoms with Gasteiger partial charge in [-0.3, -0.25) is 14.4 Å². The number of esters is 3. The van der Waals surface area contributed by atoms with Crippen LogP contribution >= 0.6 is 0 Å². The largest absolute Gasteiger partial charge is 0.462 e. The summed E-state index contributed by atoms with van der Waals surface area (Å²) in [6.07, 6.45) is 58.9. The van der Waals surface area contributed by atoms with Crippen LogP contribution in [0.15, 0.2) is 72.9 Å². The van der Waals surface area contributed by atoms with Crippen molar-refractivity contribution in [2.45, 2.75) is 232 Å². The zero-order valence-corrected chi connectivity index (χ0v) is 38.5. The van der Waals surface area contributed by atoms with Gasteiger partial charge in [-0.1, -0.05) is 177 Å². The lowest BCUT2D eigenvalue weighted by Gasteiger charge is -2.18. The first-order valence-electron chi connectivity index (χ1n) is 24.4. The zero-order valence-electron chi connectivity index (χ0n) is 38.5. The summed E-state index contributed by atoms with van der Waals surface area (Å²) in [6, 6.07) is 0. The molecule has 0 aromatic carbocycles. The van der Waals surface area contributed by atoms with Crippen LogP contribution < -0.4 is 0 Å². The maximum absolute atomic E-state index is 12.7. The molecule has 0 heterocycles. The molecule has 0 aliphatic heterocycles. The highest BCUT2D eigenvalue weighted by Crippen LogP contribution is 2.13. The molecule has 0 saturated heterocycles. The van der Waals surface area contributed by atoms with E-state index in [1.54, 1.807) is 0 Å². The van der Waals surface area contributed by atoms with Crippen LogP contribution in [-0.4, -0.2) is 37.2 Å². The van der Waals surface area contributed by atoms with Gasteiger partial charge in [0.1, 0.15) is 13.2 Å². The van der Waals surface area contributed by atoms with E-state index < -0.39 is 6.10 Å². The molecular formula is C53H90O6. The molecule has 0 aliphatic rings. The molecule has 6 heteroatoms. The summed E-state index contributed by atoms with van der Waals surface area (Å²) in [6.45, 7) is 6.41. The van der Waals surface area contributed by atoms with E-state index in [0.29, 0.717) is 19.3 Å². The molecule has 0 saturated carbocycles. The second kappa shape index (κ2) is 47.5. The van der Waals surface area contributed by atoms with E-state index in [2.05, 4.69) is 93.7 Å². The Morgan fingerprint density at radius 3 is 1.17 bits per heavy atom. The summed E-state index contributed by atoms with van der Waals surface area (Å²) < 4.78 is 16.7. The van der Waals surface area contributed by atoms with Crippen LogP contribution in [0.2, 0.25) is 0 Å². The van der Waals surface area contributed by atoms with Crippen molar-refractivity contribution in [3.05, 3.63) is 72.9 Å². The monoisotopic (exact) mass is 823 g/mol. The zero-order chi connectivity index (χ0) is 43.0. The molecule has 0 aromatic rings. The molecule has 0 bridgehead atoms. The Morgan fingerprint density at radius 2 is 0.678 bits per heavy atom. The van der Waals surface area contributed by atoms with Crippen molar-refractivity contribution in [3.8, 4) is 0 Å². The van der Waals surface area contributed by atoms with Crippen molar-refractivity contribution in [1.29, 1.82) is 0 Å². The third kappa shape index (κ3) is 45.8. The summed E-state index contributed by atoms with van der Waals surface area (Å²) in [7, 11) is 0. The maximum atomic E-state index is 12.7. The van der Waals surface area contributed by atoms with Gasteiger partial charge in [-0.05, 0) is 103 Å². The Labute approximate surface area is 363 Å². The van der Waals surface area contributed by atoms with Gasteiger partial charge in [0.2, 0.25) is 0 Å². The van der Waals surface area contributed by atoms with Crippen LogP contribution in [-0.2, 0) is 28.6 Å². The van der Waals surface area contributed by atoms with Crippen molar-refractivity contribution in [2.24, 2.45) is 0 Å². The average Bonchev–Trinajstić information content (AvgIpc) is 3.23. The topological polar surface area (TPSA) is 78.9 Å². The van der Waals surface area contributed by atoms with Crippen molar-refractivity contribution in [3.63, 3.8) is 0 Å². The Balaban J connectivity index is 4.44. The second-order valence-corrected chi connectivity index (χ2v) is 16.0. The molecule has 0 spiro atoms. The molecule has 0 aromatic heterocycles. The van der Waals surface area contributed by atoms with E-state index in [1.807, 2.05) is 0 Å². The number of rotatable bonds is 43. The Bertz CT molecular complexity index is 1130. The molecule has 0 amide bonds.